The van der Waals surface area contributed by atoms with Crippen molar-refractivity contribution in [3.8, 4) is 0 Å². The zero-order valence-corrected chi connectivity index (χ0v) is 12.1. The minimum atomic E-state index is 0.392. The second-order valence-electron chi connectivity index (χ2n) is 5.07. The molecule has 1 heterocycles. The van der Waals surface area contributed by atoms with Crippen molar-refractivity contribution < 1.29 is 0 Å². The molecule has 0 aromatic heterocycles. The molecule has 98 valence electrons. The Morgan fingerprint density at radius 1 is 1.11 bits per heavy atom. The van der Waals surface area contributed by atoms with Crippen LogP contribution in [0.25, 0.3) is 0 Å². The summed E-state index contributed by atoms with van der Waals surface area (Å²) in [5.41, 5.74) is 4.32. The van der Waals surface area contributed by atoms with E-state index >= 15 is 0 Å². The largest absolute Gasteiger partial charge is 0.292 e. The molecule has 1 aliphatic rings. The van der Waals surface area contributed by atoms with Crippen molar-refractivity contribution in [2.75, 3.05) is 13.1 Å². The summed E-state index contributed by atoms with van der Waals surface area (Å²) in [5, 5.41) is 0. The van der Waals surface area contributed by atoms with Crippen LogP contribution in [0.2, 0.25) is 0 Å². The first kappa shape index (κ1) is 12.8. The highest BCUT2D eigenvalue weighted by atomic mass is 32.1. The van der Waals surface area contributed by atoms with Gasteiger partial charge in [0, 0.05) is 11.4 Å². The standard InChI is InChI=1S/C17H19NS/c1-2-18-12-11-13-5-3-4-6-16(13)17(18)14-7-9-15(19)10-8-14/h3-10,17,19H,2,11-12H2,1H3. The molecule has 1 nitrogen and oxygen atoms in total. The van der Waals surface area contributed by atoms with Crippen molar-refractivity contribution in [1.29, 1.82) is 0 Å². The summed E-state index contributed by atoms with van der Waals surface area (Å²) >= 11 is 4.38. The normalized spacial score (nSPS) is 19.2. The number of hydrogen-bond donors (Lipinski definition) is 1. The molecule has 0 N–H and O–H groups in total. The van der Waals surface area contributed by atoms with Crippen LogP contribution >= 0.6 is 12.6 Å². The predicted octanol–water partition coefficient (Wildman–Crippen LogP) is 3.94. The molecule has 0 saturated heterocycles. The second-order valence-corrected chi connectivity index (χ2v) is 5.59. The summed E-state index contributed by atoms with van der Waals surface area (Å²) in [6, 6.07) is 17.8. The molecule has 0 amide bonds. The summed E-state index contributed by atoms with van der Waals surface area (Å²) in [4.78, 5) is 3.58. The van der Waals surface area contributed by atoms with E-state index in [1.807, 2.05) is 0 Å². The number of fused-ring (bicyclic) bond motifs is 1. The first-order valence-electron chi connectivity index (χ1n) is 6.90. The molecule has 0 fully saturated rings. The Kier molecular flexibility index (Phi) is 3.63. The number of rotatable bonds is 2. The van der Waals surface area contributed by atoms with Gasteiger partial charge in [-0.1, -0.05) is 43.3 Å². The summed E-state index contributed by atoms with van der Waals surface area (Å²) in [6.07, 6.45) is 1.16. The zero-order chi connectivity index (χ0) is 13.2. The lowest BCUT2D eigenvalue weighted by molar-refractivity contribution is 0.225. The molecular formula is C17H19NS. The fourth-order valence-electron chi connectivity index (χ4n) is 3.01. The fourth-order valence-corrected chi connectivity index (χ4v) is 3.16. The Bertz CT molecular complexity index is 562. The van der Waals surface area contributed by atoms with E-state index in [-0.39, 0.29) is 0 Å². The van der Waals surface area contributed by atoms with E-state index in [9.17, 15) is 0 Å². The number of nitrogens with zero attached hydrogens (tertiary/aromatic N) is 1. The molecule has 2 aromatic carbocycles. The van der Waals surface area contributed by atoms with Crippen molar-refractivity contribution in [2.45, 2.75) is 24.3 Å². The number of thiol groups is 1. The van der Waals surface area contributed by atoms with Gasteiger partial charge in [0.2, 0.25) is 0 Å². The average Bonchev–Trinajstić information content (AvgIpc) is 2.47. The first-order chi connectivity index (χ1) is 9.29. The maximum absolute atomic E-state index is 4.38. The Morgan fingerprint density at radius 3 is 2.58 bits per heavy atom. The molecule has 0 spiro atoms. The molecule has 3 rings (SSSR count). The molecule has 2 aromatic rings. The quantitative estimate of drug-likeness (QED) is 0.808. The van der Waals surface area contributed by atoms with Gasteiger partial charge in [-0.3, -0.25) is 4.90 Å². The van der Waals surface area contributed by atoms with Crippen LogP contribution in [0.1, 0.15) is 29.7 Å². The van der Waals surface area contributed by atoms with Crippen LogP contribution in [0.15, 0.2) is 53.4 Å². The van der Waals surface area contributed by atoms with Crippen LogP contribution in [0.4, 0.5) is 0 Å². The Hall–Kier alpha value is -1.25. The number of hydrogen-bond acceptors (Lipinski definition) is 2. The van der Waals surface area contributed by atoms with E-state index < -0.39 is 0 Å². The highest BCUT2D eigenvalue weighted by molar-refractivity contribution is 7.80. The van der Waals surface area contributed by atoms with Crippen LogP contribution < -0.4 is 0 Å². The minimum absolute atomic E-state index is 0.392. The predicted molar refractivity (Wildman–Crippen MR) is 82.9 cm³/mol. The van der Waals surface area contributed by atoms with Crippen LogP contribution in [-0.2, 0) is 6.42 Å². The van der Waals surface area contributed by atoms with Gasteiger partial charge in [0.15, 0.2) is 0 Å². The molecule has 2 heteroatoms. The third kappa shape index (κ3) is 2.43. The molecule has 0 saturated carbocycles. The molecule has 19 heavy (non-hydrogen) atoms. The molecule has 0 aliphatic carbocycles. The topological polar surface area (TPSA) is 3.24 Å². The lowest BCUT2D eigenvalue weighted by atomic mass is 9.88. The van der Waals surface area contributed by atoms with Crippen LogP contribution in [0.5, 0.6) is 0 Å². The van der Waals surface area contributed by atoms with Gasteiger partial charge in [0.05, 0.1) is 6.04 Å². The van der Waals surface area contributed by atoms with Crippen molar-refractivity contribution in [2.24, 2.45) is 0 Å². The van der Waals surface area contributed by atoms with Gasteiger partial charge in [-0.25, -0.2) is 0 Å². The van der Waals surface area contributed by atoms with Gasteiger partial charge in [-0.2, -0.15) is 0 Å². The maximum Gasteiger partial charge on any atom is 0.0604 e. The van der Waals surface area contributed by atoms with E-state index in [1.165, 1.54) is 16.7 Å². The summed E-state index contributed by atoms with van der Waals surface area (Å²) in [7, 11) is 0. The van der Waals surface area contributed by atoms with Crippen LogP contribution in [-0.4, -0.2) is 18.0 Å². The molecular weight excluding hydrogens is 250 g/mol. The molecule has 1 atom stereocenters. The Labute approximate surface area is 120 Å². The highest BCUT2D eigenvalue weighted by Crippen LogP contribution is 2.34. The fraction of sp³-hybridized carbons (Fsp3) is 0.294. The first-order valence-corrected chi connectivity index (χ1v) is 7.35. The van der Waals surface area contributed by atoms with E-state index in [0.29, 0.717) is 6.04 Å². The van der Waals surface area contributed by atoms with E-state index in [2.05, 4.69) is 73.0 Å². The van der Waals surface area contributed by atoms with Crippen LogP contribution in [0, 0.1) is 0 Å². The van der Waals surface area contributed by atoms with Crippen molar-refractivity contribution in [1.82, 2.24) is 4.90 Å². The lowest BCUT2D eigenvalue weighted by Crippen LogP contribution is -2.35. The maximum atomic E-state index is 4.38. The van der Waals surface area contributed by atoms with Crippen molar-refractivity contribution in [3.05, 3.63) is 65.2 Å². The monoisotopic (exact) mass is 269 g/mol. The minimum Gasteiger partial charge on any atom is -0.292 e. The summed E-state index contributed by atoms with van der Waals surface area (Å²) in [6.45, 7) is 4.47. The Morgan fingerprint density at radius 2 is 1.84 bits per heavy atom. The SMILES string of the molecule is CCN1CCc2ccccc2C1c1ccc(S)cc1. The van der Waals surface area contributed by atoms with Gasteiger partial charge >= 0.3 is 0 Å². The van der Waals surface area contributed by atoms with Crippen LogP contribution in [0.3, 0.4) is 0 Å². The average molecular weight is 269 g/mol. The number of likely N-dealkylation sites (N-methyl/N-ethyl adjacent to an activating group) is 1. The smallest absolute Gasteiger partial charge is 0.0604 e. The third-order valence-corrected chi connectivity index (χ3v) is 4.30. The molecule has 0 radical (unpaired) electrons. The van der Waals surface area contributed by atoms with Crippen molar-refractivity contribution in [3.63, 3.8) is 0 Å². The third-order valence-electron chi connectivity index (χ3n) is 4.00. The zero-order valence-electron chi connectivity index (χ0n) is 11.2. The van der Waals surface area contributed by atoms with Gasteiger partial charge in [-0.15, -0.1) is 12.6 Å². The molecule has 0 bridgehead atoms. The Balaban J connectivity index is 2.07. The highest BCUT2D eigenvalue weighted by Gasteiger charge is 2.27. The van der Waals surface area contributed by atoms with Gasteiger partial charge in [-0.05, 0) is 41.8 Å². The summed E-state index contributed by atoms with van der Waals surface area (Å²) < 4.78 is 0. The van der Waals surface area contributed by atoms with E-state index in [0.717, 1.165) is 24.4 Å². The second kappa shape index (κ2) is 5.40. The summed E-state index contributed by atoms with van der Waals surface area (Å²) in [5.74, 6) is 0. The van der Waals surface area contributed by atoms with E-state index in [1.54, 1.807) is 0 Å². The van der Waals surface area contributed by atoms with Crippen molar-refractivity contribution >= 4 is 12.6 Å². The lowest BCUT2D eigenvalue weighted by Gasteiger charge is -2.37. The molecule has 1 aliphatic heterocycles. The number of benzene rings is 2. The van der Waals surface area contributed by atoms with Gasteiger partial charge in [0.1, 0.15) is 0 Å². The van der Waals surface area contributed by atoms with Gasteiger partial charge in [0.25, 0.3) is 0 Å². The van der Waals surface area contributed by atoms with E-state index in [4.69, 9.17) is 0 Å². The van der Waals surface area contributed by atoms with Gasteiger partial charge < -0.3 is 0 Å². The molecule has 1 unspecified atom stereocenters.